The lowest BCUT2D eigenvalue weighted by atomic mass is 9.97. The average Bonchev–Trinajstić information content (AvgIpc) is 3.41. The second-order valence-corrected chi connectivity index (χ2v) is 7.32. The lowest BCUT2D eigenvalue weighted by molar-refractivity contribution is 0.333. The molecule has 0 spiro atoms. The van der Waals surface area contributed by atoms with Crippen LogP contribution in [0.5, 0.6) is 0 Å². The Morgan fingerprint density at radius 3 is 2.83 bits per heavy atom. The summed E-state index contributed by atoms with van der Waals surface area (Å²) in [5.74, 6) is 2.67. The molecule has 4 aromatic rings. The fourth-order valence-electron chi connectivity index (χ4n) is 3.82. The number of piperidine rings is 1. The van der Waals surface area contributed by atoms with Crippen LogP contribution in [0.15, 0.2) is 47.8 Å². The van der Waals surface area contributed by atoms with Crippen LogP contribution in [0.4, 0.5) is 5.82 Å². The van der Waals surface area contributed by atoms with Gasteiger partial charge in [-0.05, 0) is 37.8 Å². The first-order valence-corrected chi connectivity index (χ1v) is 9.68. The van der Waals surface area contributed by atoms with Gasteiger partial charge in [0.15, 0.2) is 5.82 Å². The van der Waals surface area contributed by atoms with E-state index in [0.29, 0.717) is 24.1 Å². The Labute approximate surface area is 166 Å². The molecule has 0 saturated carbocycles. The molecule has 10 nitrogen and oxygen atoms in total. The zero-order chi connectivity index (χ0) is 19.8. The van der Waals surface area contributed by atoms with Gasteiger partial charge < -0.3 is 4.90 Å². The monoisotopic (exact) mass is 391 g/mol. The van der Waals surface area contributed by atoms with Gasteiger partial charge in [-0.15, -0.1) is 5.10 Å². The van der Waals surface area contributed by atoms with Crippen LogP contribution in [0.3, 0.4) is 0 Å². The fraction of sp³-hybridized carbons (Fsp3) is 0.368. The number of anilines is 1. The van der Waals surface area contributed by atoms with Crippen LogP contribution in [-0.2, 0) is 6.54 Å². The van der Waals surface area contributed by atoms with Gasteiger partial charge >= 0.3 is 0 Å². The van der Waals surface area contributed by atoms with Crippen molar-refractivity contribution >= 4 is 11.6 Å². The lowest BCUT2D eigenvalue weighted by Crippen LogP contribution is -2.38. The molecule has 5 rings (SSSR count). The Morgan fingerprint density at radius 1 is 1.17 bits per heavy atom. The van der Waals surface area contributed by atoms with Crippen molar-refractivity contribution < 1.29 is 0 Å². The van der Waals surface area contributed by atoms with Gasteiger partial charge in [-0.2, -0.15) is 19.7 Å². The summed E-state index contributed by atoms with van der Waals surface area (Å²) in [6.07, 6.45) is 6.98. The van der Waals surface area contributed by atoms with E-state index in [1.54, 1.807) is 32.2 Å². The van der Waals surface area contributed by atoms with Crippen molar-refractivity contribution in [3.8, 4) is 5.82 Å². The van der Waals surface area contributed by atoms with Crippen molar-refractivity contribution in [2.75, 3.05) is 18.0 Å². The van der Waals surface area contributed by atoms with E-state index in [2.05, 4.69) is 30.2 Å². The second-order valence-electron chi connectivity index (χ2n) is 7.32. The van der Waals surface area contributed by atoms with Crippen molar-refractivity contribution in [2.24, 2.45) is 5.92 Å². The molecular formula is C19H21N9O. The molecule has 0 aliphatic carbocycles. The van der Waals surface area contributed by atoms with Gasteiger partial charge in [-0.3, -0.25) is 4.79 Å². The van der Waals surface area contributed by atoms with E-state index < -0.39 is 0 Å². The van der Waals surface area contributed by atoms with Gasteiger partial charge in [0.25, 0.3) is 11.3 Å². The highest BCUT2D eigenvalue weighted by atomic mass is 16.1. The van der Waals surface area contributed by atoms with Gasteiger partial charge in [-0.1, -0.05) is 0 Å². The molecule has 1 fully saturated rings. The Balaban J connectivity index is 1.31. The summed E-state index contributed by atoms with van der Waals surface area (Å²) in [7, 11) is 0. The van der Waals surface area contributed by atoms with Gasteiger partial charge in [0.1, 0.15) is 12.1 Å². The van der Waals surface area contributed by atoms with Crippen molar-refractivity contribution in [3.05, 3.63) is 59.0 Å². The van der Waals surface area contributed by atoms with E-state index in [4.69, 9.17) is 0 Å². The highest BCUT2D eigenvalue weighted by molar-refractivity contribution is 5.47. The first-order valence-electron chi connectivity index (χ1n) is 9.68. The van der Waals surface area contributed by atoms with Crippen LogP contribution < -0.4 is 10.5 Å². The summed E-state index contributed by atoms with van der Waals surface area (Å²) in [6.45, 7) is 4.35. The highest BCUT2D eigenvalue weighted by Gasteiger charge is 2.23. The standard InChI is InChI=1S/C19H21N9O/c1-14-11-17(28-19(23-14)20-13-22-28)25-9-5-15(6-10-25)12-27-18(29)4-3-16(24-27)26-8-2-7-21-26/h2-4,7-8,11,13,15H,5-6,9-10,12H2,1H3. The molecule has 0 bridgehead atoms. The van der Waals surface area contributed by atoms with Gasteiger partial charge in [0, 0.05) is 49.9 Å². The van der Waals surface area contributed by atoms with Crippen LogP contribution >= 0.6 is 0 Å². The highest BCUT2D eigenvalue weighted by Crippen LogP contribution is 2.24. The number of hydrogen-bond donors (Lipinski definition) is 0. The number of fused-ring (bicyclic) bond motifs is 1. The zero-order valence-electron chi connectivity index (χ0n) is 16.1. The summed E-state index contributed by atoms with van der Waals surface area (Å²) >= 11 is 0. The predicted molar refractivity (Wildman–Crippen MR) is 106 cm³/mol. The number of aryl methyl sites for hydroxylation is 1. The van der Waals surface area contributed by atoms with E-state index in [9.17, 15) is 4.79 Å². The molecule has 0 aromatic carbocycles. The van der Waals surface area contributed by atoms with Gasteiger partial charge in [0.05, 0.1) is 0 Å². The average molecular weight is 391 g/mol. The topological polar surface area (TPSA) is 99.0 Å². The van der Waals surface area contributed by atoms with E-state index in [1.165, 1.54) is 6.33 Å². The minimum Gasteiger partial charge on any atom is -0.356 e. The third kappa shape index (κ3) is 3.37. The molecule has 1 saturated heterocycles. The fourth-order valence-corrected chi connectivity index (χ4v) is 3.82. The Hall–Kier alpha value is -3.56. The van der Waals surface area contributed by atoms with Crippen molar-refractivity contribution in [1.29, 1.82) is 0 Å². The van der Waals surface area contributed by atoms with Crippen LogP contribution in [0, 0.1) is 12.8 Å². The zero-order valence-corrected chi connectivity index (χ0v) is 16.1. The summed E-state index contributed by atoms with van der Waals surface area (Å²) in [6, 6.07) is 7.13. The smallest absolute Gasteiger partial charge is 0.266 e. The first-order chi connectivity index (χ1) is 14.2. The summed E-state index contributed by atoms with van der Waals surface area (Å²) in [5.41, 5.74) is 0.839. The molecular weight excluding hydrogens is 370 g/mol. The van der Waals surface area contributed by atoms with Gasteiger partial charge in [0.2, 0.25) is 0 Å². The Kier molecular flexibility index (Phi) is 4.30. The second kappa shape index (κ2) is 7.12. The lowest BCUT2D eigenvalue weighted by Gasteiger charge is -2.33. The molecule has 148 valence electrons. The third-order valence-corrected chi connectivity index (χ3v) is 5.32. The molecule has 0 N–H and O–H groups in total. The first kappa shape index (κ1) is 17.5. The van der Waals surface area contributed by atoms with Crippen molar-refractivity contribution in [3.63, 3.8) is 0 Å². The van der Waals surface area contributed by atoms with E-state index >= 15 is 0 Å². The Bertz CT molecular complexity index is 1190. The maximum absolute atomic E-state index is 12.3. The summed E-state index contributed by atoms with van der Waals surface area (Å²) in [5, 5.41) is 13.0. The van der Waals surface area contributed by atoms with E-state index in [-0.39, 0.29) is 5.56 Å². The van der Waals surface area contributed by atoms with E-state index in [1.807, 2.05) is 25.3 Å². The van der Waals surface area contributed by atoms with Crippen LogP contribution in [0.25, 0.3) is 11.6 Å². The quantitative estimate of drug-likeness (QED) is 0.513. The molecule has 4 aromatic heterocycles. The van der Waals surface area contributed by atoms with Crippen LogP contribution in [0.2, 0.25) is 0 Å². The number of rotatable bonds is 4. The molecule has 10 heteroatoms. The van der Waals surface area contributed by atoms with Gasteiger partial charge in [-0.25, -0.2) is 14.3 Å². The summed E-state index contributed by atoms with van der Waals surface area (Å²) < 4.78 is 5.00. The molecule has 0 atom stereocenters. The molecule has 0 radical (unpaired) electrons. The van der Waals surface area contributed by atoms with Crippen molar-refractivity contribution in [1.82, 2.24) is 39.1 Å². The maximum Gasteiger partial charge on any atom is 0.266 e. The van der Waals surface area contributed by atoms with Crippen LogP contribution in [0.1, 0.15) is 18.5 Å². The summed E-state index contributed by atoms with van der Waals surface area (Å²) in [4.78, 5) is 23.2. The number of hydrogen-bond acceptors (Lipinski definition) is 7. The largest absolute Gasteiger partial charge is 0.356 e. The molecule has 29 heavy (non-hydrogen) atoms. The molecule has 0 amide bonds. The minimum absolute atomic E-state index is 0.0857. The molecule has 5 heterocycles. The molecule has 1 aliphatic rings. The maximum atomic E-state index is 12.3. The SMILES string of the molecule is Cc1cc(N2CCC(Cn3nc(-n4cccn4)ccc3=O)CC2)n2ncnc2n1. The normalized spacial score (nSPS) is 15.3. The van der Waals surface area contributed by atoms with Crippen LogP contribution in [-0.4, -0.2) is 52.2 Å². The van der Waals surface area contributed by atoms with Crippen molar-refractivity contribution in [2.45, 2.75) is 26.3 Å². The number of nitrogens with zero attached hydrogens (tertiary/aromatic N) is 9. The molecule has 1 aliphatic heterocycles. The Morgan fingerprint density at radius 2 is 2.03 bits per heavy atom. The van der Waals surface area contributed by atoms with E-state index in [0.717, 1.165) is 37.4 Å². The predicted octanol–water partition coefficient (Wildman–Crippen LogP) is 1.09. The number of aromatic nitrogens is 8. The third-order valence-electron chi connectivity index (χ3n) is 5.32. The minimum atomic E-state index is -0.0857. The molecule has 0 unspecified atom stereocenters.